The van der Waals surface area contributed by atoms with Gasteiger partial charge in [0.05, 0.1) is 17.2 Å². The van der Waals surface area contributed by atoms with Gasteiger partial charge in [-0.3, -0.25) is 9.69 Å². The van der Waals surface area contributed by atoms with Gasteiger partial charge in [-0.25, -0.2) is 9.82 Å². The molecule has 1 heterocycles. The van der Waals surface area contributed by atoms with E-state index in [1.807, 2.05) is 11.8 Å². The maximum atomic E-state index is 13.0. The minimum Gasteiger partial charge on any atom is -0.293 e. The van der Waals surface area contributed by atoms with Gasteiger partial charge in [0.1, 0.15) is 5.82 Å². The van der Waals surface area contributed by atoms with E-state index < -0.39 is 0 Å². The summed E-state index contributed by atoms with van der Waals surface area (Å²) in [4.78, 5) is 13.8. The van der Waals surface area contributed by atoms with Crippen LogP contribution >= 0.6 is 27.7 Å². The Morgan fingerprint density at radius 2 is 2.25 bits per heavy atom. The van der Waals surface area contributed by atoms with Crippen LogP contribution in [-0.2, 0) is 4.79 Å². The second-order valence-electron chi connectivity index (χ2n) is 4.36. The summed E-state index contributed by atoms with van der Waals surface area (Å²) in [6.07, 6.45) is 1.49. The molecular formula is C13H15BrFN3OS. The van der Waals surface area contributed by atoms with Crippen molar-refractivity contribution in [2.45, 2.75) is 0 Å². The standard InChI is InChI=1S/C13H15BrFN3OS/c14-11-7-10(1-2-12(11)15)8-16-17-13(19)9-18-3-5-20-6-4-18/h1-2,7-8H,3-6,9H2,(H,17,19). The van der Waals surface area contributed by atoms with Crippen molar-refractivity contribution in [2.24, 2.45) is 5.10 Å². The Morgan fingerprint density at radius 3 is 2.95 bits per heavy atom. The van der Waals surface area contributed by atoms with Crippen molar-refractivity contribution in [3.05, 3.63) is 34.1 Å². The van der Waals surface area contributed by atoms with Crippen molar-refractivity contribution in [3.63, 3.8) is 0 Å². The normalized spacial score (nSPS) is 16.5. The summed E-state index contributed by atoms with van der Waals surface area (Å²) in [5.74, 6) is 1.68. The van der Waals surface area contributed by atoms with Gasteiger partial charge in [0, 0.05) is 24.6 Å². The fourth-order valence-corrected chi connectivity index (χ4v) is 3.14. The molecule has 20 heavy (non-hydrogen) atoms. The molecule has 7 heteroatoms. The first-order valence-electron chi connectivity index (χ1n) is 6.22. The van der Waals surface area contributed by atoms with Crippen molar-refractivity contribution in [2.75, 3.05) is 31.1 Å². The van der Waals surface area contributed by atoms with Crippen LogP contribution in [0, 0.1) is 5.82 Å². The van der Waals surface area contributed by atoms with Gasteiger partial charge in [-0.15, -0.1) is 0 Å². The van der Waals surface area contributed by atoms with E-state index in [0.29, 0.717) is 16.6 Å². The van der Waals surface area contributed by atoms with Gasteiger partial charge in [-0.05, 0) is 33.6 Å². The summed E-state index contributed by atoms with van der Waals surface area (Å²) >= 11 is 5.01. The van der Waals surface area contributed by atoms with E-state index in [1.54, 1.807) is 12.1 Å². The summed E-state index contributed by atoms with van der Waals surface area (Å²) in [5.41, 5.74) is 3.20. The van der Waals surface area contributed by atoms with E-state index in [9.17, 15) is 9.18 Å². The Labute approximate surface area is 129 Å². The van der Waals surface area contributed by atoms with Gasteiger partial charge in [-0.2, -0.15) is 16.9 Å². The molecule has 2 rings (SSSR count). The largest absolute Gasteiger partial charge is 0.293 e. The molecule has 108 valence electrons. The average molecular weight is 360 g/mol. The van der Waals surface area contributed by atoms with E-state index in [4.69, 9.17) is 0 Å². The van der Waals surface area contributed by atoms with Crippen LogP contribution in [0.4, 0.5) is 4.39 Å². The van der Waals surface area contributed by atoms with Crippen molar-refractivity contribution >= 4 is 39.8 Å². The van der Waals surface area contributed by atoms with Crippen LogP contribution in [0.5, 0.6) is 0 Å². The highest BCUT2D eigenvalue weighted by atomic mass is 79.9. The molecule has 0 atom stereocenters. The number of hydrogen-bond acceptors (Lipinski definition) is 4. The van der Waals surface area contributed by atoms with Gasteiger partial charge in [0.25, 0.3) is 5.91 Å². The fraction of sp³-hybridized carbons (Fsp3) is 0.385. The zero-order chi connectivity index (χ0) is 14.4. The first-order chi connectivity index (χ1) is 9.65. The zero-order valence-electron chi connectivity index (χ0n) is 10.8. The lowest BCUT2D eigenvalue weighted by Gasteiger charge is -2.24. The summed E-state index contributed by atoms with van der Waals surface area (Å²) < 4.78 is 13.4. The molecule has 0 spiro atoms. The predicted molar refractivity (Wildman–Crippen MR) is 83.6 cm³/mol. The minimum absolute atomic E-state index is 0.130. The number of carbonyl (C=O) groups excluding carboxylic acids is 1. The van der Waals surface area contributed by atoms with Crippen LogP contribution in [0.15, 0.2) is 27.8 Å². The molecule has 0 aliphatic carbocycles. The molecule has 0 bridgehead atoms. The molecule has 1 aliphatic rings. The van der Waals surface area contributed by atoms with Crippen molar-refractivity contribution in [1.29, 1.82) is 0 Å². The maximum Gasteiger partial charge on any atom is 0.254 e. The third-order valence-corrected chi connectivity index (χ3v) is 4.37. The fourth-order valence-electron chi connectivity index (χ4n) is 1.77. The molecule has 0 aromatic heterocycles. The molecule has 1 fully saturated rings. The highest BCUT2D eigenvalue weighted by molar-refractivity contribution is 9.10. The SMILES string of the molecule is O=C(CN1CCSCC1)NN=Cc1ccc(F)c(Br)c1. The number of benzene rings is 1. The predicted octanol–water partition coefficient (Wildman–Crippen LogP) is 2.09. The van der Waals surface area contributed by atoms with Crippen LogP contribution in [-0.4, -0.2) is 48.2 Å². The summed E-state index contributed by atoms with van der Waals surface area (Å²) in [5, 5.41) is 3.88. The summed E-state index contributed by atoms with van der Waals surface area (Å²) in [7, 11) is 0. The maximum absolute atomic E-state index is 13.0. The second-order valence-corrected chi connectivity index (χ2v) is 6.43. The van der Waals surface area contributed by atoms with Crippen LogP contribution in [0.2, 0.25) is 0 Å². The quantitative estimate of drug-likeness (QED) is 0.661. The number of nitrogens with one attached hydrogen (secondary N) is 1. The van der Waals surface area contributed by atoms with E-state index in [-0.39, 0.29) is 11.7 Å². The Kier molecular flexibility index (Phi) is 6.00. The van der Waals surface area contributed by atoms with Crippen LogP contribution < -0.4 is 5.43 Å². The second kappa shape index (κ2) is 7.75. The number of thioether (sulfide) groups is 1. The molecule has 0 radical (unpaired) electrons. The van der Waals surface area contributed by atoms with Crippen LogP contribution in [0.25, 0.3) is 0 Å². The van der Waals surface area contributed by atoms with Crippen LogP contribution in [0.3, 0.4) is 0 Å². The lowest BCUT2D eigenvalue weighted by Crippen LogP contribution is -2.40. The molecule has 1 amide bonds. The van der Waals surface area contributed by atoms with Gasteiger partial charge in [0.15, 0.2) is 0 Å². The Balaban J connectivity index is 1.79. The summed E-state index contributed by atoms with van der Waals surface area (Å²) in [6, 6.07) is 4.54. The molecule has 4 nitrogen and oxygen atoms in total. The van der Waals surface area contributed by atoms with Crippen LogP contribution in [0.1, 0.15) is 5.56 Å². The van der Waals surface area contributed by atoms with E-state index in [0.717, 1.165) is 24.6 Å². The average Bonchev–Trinajstić information content (AvgIpc) is 2.44. The number of hydrogen-bond donors (Lipinski definition) is 1. The first kappa shape index (κ1) is 15.5. The molecular weight excluding hydrogens is 345 g/mol. The molecule has 1 aliphatic heterocycles. The number of hydrazone groups is 1. The highest BCUT2D eigenvalue weighted by Crippen LogP contribution is 2.15. The Hall–Kier alpha value is -0.920. The topological polar surface area (TPSA) is 44.7 Å². The van der Waals surface area contributed by atoms with Gasteiger partial charge >= 0.3 is 0 Å². The number of halogens is 2. The van der Waals surface area contributed by atoms with Crippen molar-refractivity contribution in [1.82, 2.24) is 10.3 Å². The van der Waals surface area contributed by atoms with Gasteiger partial charge < -0.3 is 0 Å². The molecule has 1 aromatic carbocycles. The van der Waals surface area contributed by atoms with Crippen molar-refractivity contribution < 1.29 is 9.18 Å². The smallest absolute Gasteiger partial charge is 0.254 e. The minimum atomic E-state index is -0.325. The van der Waals surface area contributed by atoms with Crippen molar-refractivity contribution in [3.8, 4) is 0 Å². The van der Waals surface area contributed by atoms with Gasteiger partial charge in [-0.1, -0.05) is 6.07 Å². The third-order valence-electron chi connectivity index (χ3n) is 2.82. The van der Waals surface area contributed by atoms with Gasteiger partial charge in [0.2, 0.25) is 0 Å². The number of nitrogens with zero attached hydrogens (tertiary/aromatic N) is 2. The Morgan fingerprint density at radius 1 is 1.50 bits per heavy atom. The number of rotatable bonds is 4. The molecule has 0 unspecified atom stereocenters. The van der Waals surface area contributed by atoms with E-state index in [2.05, 4.69) is 31.4 Å². The molecule has 1 saturated heterocycles. The lowest BCUT2D eigenvalue weighted by atomic mass is 10.2. The Bertz CT molecular complexity index is 506. The third kappa shape index (κ3) is 4.88. The molecule has 0 saturated carbocycles. The zero-order valence-corrected chi connectivity index (χ0v) is 13.2. The van der Waals surface area contributed by atoms with E-state index >= 15 is 0 Å². The lowest BCUT2D eigenvalue weighted by molar-refractivity contribution is -0.122. The monoisotopic (exact) mass is 359 g/mol. The number of carbonyl (C=O) groups is 1. The van der Waals surface area contributed by atoms with E-state index in [1.165, 1.54) is 12.3 Å². The molecule has 1 aromatic rings. The first-order valence-corrected chi connectivity index (χ1v) is 8.17. The summed E-state index contributed by atoms with van der Waals surface area (Å²) in [6.45, 7) is 2.24. The number of amides is 1. The highest BCUT2D eigenvalue weighted by Gasteiger charge is 2.13. The molecule has 1 N–H and O–H groups in total.